The molecular formula is C22H19N3O4S. The molecule has 152 valence electrons. The van der Waals surface area contributed by atoms with Crippen LogP contribution in [-0.4, -0.2) is 40.4 Å². The van der Waals surface area contributed by atoms with Gasteiger partial charge in [-0.1, -0.05) is 12.1 Å². The Balaban J connectivity index is 1.47. The van der Waals surface area contributed by atoms with Gasteiger partial charge in [-0.05, 0) is 25.1 Å². The van der Waals surface area contributed by atoms with Gasteiger partial charge >= 0.3 is 5.97 Å². The molecule has 0 fully saturated rings. The lowest BCUT2D eigenvalue weighted by molar-refractivity contribution is 0.0602. The number of hydrogen-bond acceptors (Lipinski definition) is 6. The summed E-state index contributed by atoms with van der Waals surface area (Å²) in [5.41, 5.74) is 3.81. The summed E-state index contributed by atoms with van der Waals surface area (Å²) in [6.07, 6.45) is 2.28. The molecule has 0 saturated heterocycles. The van der Waals surface area contributed by atoms with Crippen molar-refractivity contribution in [2.75, 3.05) is 13.7 Å². The maximum absolute atomic E-state index is 13.2. The van der Waals surface area contributed by atoms with Crippen LogP contribution in [0, 0.1) is 6.92 Å². The minimum atomic E-state index is -0.379. The first kappa shape index (κ1) is 18.6. The van der Waals surface area contributed by atoms with E-state index in [1.54, 1.807) is 18.4 Å². The fourth-order valence-electron chi connectivity index (χ4n) is 3.94. The minimum Gasteiger partial charge on any atom is -0.465 e. The highest BCUT2D eigenvalue weighted by Gasteiger charge is 2.29. The van der Waals surface area contributed by atoms with E-state index in [1.165, 1.54) is 18.4 Å². The third kappa shape index (κ3) is 2.91. The molecule has 0 spiro atoms. The van der Waals surface area contributed by atoms with E-state index in [4.69, 9.17) is 9.15 Å². The largest absolute Gasteiger partial charge is 0.465 e. The molecule has 1 aliphatic heterocycles. The Morgan fingerprint density at radius 3 is 2.90 bits per heavy atom. The standard InChI is InChI=1S/C22H19N3O4S/c1-12-18(24-20(30-12)17-7-4-10-29-17)21(26)25-9-8-16-15(11-25)13-5-3-6-14(19(13)23-16)22(27)28-2/h3-7,10,23H,8-9,11H2,1-2H3. The SMILES string of the molecule is COC(=O)c1cccc2c3c([nH]c12)CCN(C(=O)c1nc(-c2ccco2)sc1C)C3. The molecule has 4 heterocycles. The van der Waals surface area contributed by atoms with Gasteiger partial charge in [-0.3, -0.25) is 4.79 Å². The number of rotatable bonds is 3. The number of fused-ring (bicyclic) bond motifs is 3. The zero-order chi connectivity index (χ0) is 20.8. The Hall–Kier alpha value is -3.39. The van der Waals surface area contributed by atoms with Crippen molar-refractivity contribution in [3.8, 4) is 10.8 Å². The number of nitrogens with zero attached hydrogens (tertiary/aromatic N) is 2. The zero-order valence-corrected chi connectivity index (χ0v) is 17.3. The van der Waals surface area contributed by atoms with E-state index < -0.39 is 0 Å². The second-order valence-electron chi connectivity index (χ2n) is 7.18. The Morgan fingerprint density at radius 1 is 1.27 bits per heavy atom. The Bertz CT molecular complexity index is 1270. The normalized spacial score (nSPS) is 13.5. The van der Waals surface area contributed by atoms with Crippen LogP contribution in [0.4, 0.5) is 0 Å². The first-order chi connectivity index (χ1) is 14.6. The maximum Gasteiger partial charge on any atom is 0.339 e. The van der Waals surface area contributed by atoms with Crippen molar-refractivity contribution in [1.29, 1.82) is 0 Å². The van der Waals surface area contributed by atoms with Crippen LogP contribution in [0.3, 0.4) is 0 Å². The predicted octanol–water partition coefficient (Wildman–Crippen LogP) is 4.18. The summed E-state index contributed by atoms with van der Waals surface area (Å²) >= 11 is 1.45. The lowest BCUT2D eigenvalue weighted by Crippen LogP contribution is -2.36. The number of thiazole rings is 1. The molecule has 5 rings (SSSR count). The first-order valence-corrected chi connectivity index (χ1v) is 10.4. The minimum absolute atomic E-state index is 0.0920. The Kier molecular flexibility index (Phi) is 4.43. The van der Waals surface area contributed by atoms with E-state index in [0.717, 1.165) is 27.0 Å². The van der Waals surface area contributed by atoms with Crippen LogP contribution in [0.1, 0.15) is 37.0 Å². The number of furan rings is 1. The molecule has 30 heavy (non-hydrogen) atoms. The fourth-order valence-corrected chi connectivity index (χ4v) is 4.82. The van der Waals surface area contributed by atoms with Gasteiger partial charge in [0.2, 0.25) is 0 Å². The van der Waals surface area contributed by atoms with Gasteiger partial charge in [0.15, 0.2) is 10.8 Å². The molecule has 0 atom stereocenters. The summed E-state index contributed by atoms with van der Waals surface area (Å²) < 4.78 is 10.3. The first-order valence-electron chi connectivity index (χ1n) is 9.58. The summed E-state index contributed by atoms with van der Waals surface area (Å²) in [5, 5.41) is 1.64. The lowest BCUT2D eigenvalue weighted by Gasteiger charge is -2.26. The number of nitrogens with one attached hydrogen (secondary N) is 1. The average molecular weight is 421 g/mol. The van der Waals surface area contributed by atoms with Crippen molar-refractivity contribution in [3.63, 3.8) is 0 Å². The quantitative estimate of drug-likeness (QED) is 0.502. The van der Waals surface area contributed by atoms with Gasteiger partial charge in [0, 0.05) is 41.0 Å². The number of benzene rings is 1. The number of carbonyl (C=O) groups is 2. The average Bonchev–Trinajstić information content (AvgIpc) is 3.50. The molecule has 0 unspecified atom stereocenters. The molecule has 0 saturated carbocycles. The molecule has 8 heteroatoms. The van der Waals surface area contributed by atoms with Crippen LogP contribution < -0.4 is 0 Å². The van der Waals surface area contributed by atoms with E-state index in [0.29, 0.717) is 41.5 Å². The monoisotopic (exact) mass is 421 g/mol. The van der Waals surface area contributed by atoms with Gasteiger partial charge in [-0.25, -0.2) is 9.78 Å². The van der Waals surface area contributed by atoms with Crippen LogP contribution in [0.2, 0.25) is 0 Å². The summed E-state index contributed by atoms with van der Waals surface area (Å²) in [6.45, 7) is 2.95. The molecule has 1 N–H and O–H groups in total. The maximum atomic E-state index is 13.2. The van der Waals surface area contributed by atoms with E-state index >= 15 is 0 Å². The number of carbonyl (C=O) groups excluding carboxylic acids is 2. The molecule has 1 amide bonds. The second-order valence-corrected chi connectivity index (χ2v) is 8.38. The van der Waals surface area contributed by atoms with Gasteiger partial charge in [-0.2, -0.15) is 0 Å². The molecule has 0 aliphatic carbocycles. The van der Waals surface area contributed by atoms with Crippen LogP contribution >= 0.6 is 11.3 Å². The van der Waals surface area contributed by atoms with Crippen molar-refractivity contribution in [1.82, 2.24) is 14.9 Å². The molecule has 4 aromatic rings. The number of ether oxygens (including phenoxy) is 1. The number of methoxy groups -OCH3 is 1. The third-order valence-corrected chi connectivity index (χ3v) is 6.42. The molecule has 7 nitrogen and oxygen atoms in total. The summed E-state index contributed by atoms with van der Waals surface area (Å²) in [7, 11) is 1.37. The van der Waals surface area contributed by atoms with Crippen LogP contribution in [0.15, 0.2) is 41.0 Å². The van der Waals surface area contributed by atoms with Crippen LogP contribution in [-0.2, 0) is 17.7 Å². The number of aryl methyl sites for hydroxylation is 1. The predicted molar refractivity (Wildman–Crippen MR) is 113 cm³/mol. The molecule has 1 aliphatic rings. The lowest BCUT2D eigenvalue weighted by atomic mass is 10.0. The Labute approximate surface area is 176 Å². The molecule has 3 aromatic heterocycles. The number of aromatic nitrogens is 2. The molecule has 0 radical (unpaired) electrons. The number of aromatic amines is 1. The topological polar surface area (TPSA) is 88.4 Å². The van der Waals surface area contributed by atoms with E-state index in [2.05, 4.69) is 9.97 Å². The summed E-state index contributed by atoms with van der Waals surface area (Å²) in [6, 6.07) is 9.19. The summed E-state index contributed by atoms with van der Waals surface area (Å²) in [4.78, 5) is 36.0. The van der Waals surface area contributed by atoms with Crippen LogP contribution in [0.5, 0.6) is 0 Å². The number of amides is 1. The molecule has 1 aromatic carbocycles. The molecular weight excluding hydrogens is 402 g/mol. The van der Waals surface area contributed by atoms with Crippen molar-refractivity contribution >= 4 is 34.1 Å². The highest BCUT2D eigenvalue weighted by Crippen LogP contribution is 2.32. The highest BCUT2D eigenvalue weighted by molar-refractivity contribution is 7.15. The number of esters is 1. The van der Waals surface area contributed by atoms with Crippen LogP contribution in [0.25, 0.3) is 21.7 Å². The van der Waals surface area contributed by atoms with Gasteiger partial charge in [0.1, 0.15) is 5.69 Å². The van der Waals surface area contributed by atoms with Crippen molar-refractivity contribution in [2.24, 2.45) is 0 Å². The number of H-pyrrole nitrogens is 1. The smallest absolute Gasteiger partial charge is 0.339 e. The van der Waals surface area contributed by atoms with E-state index in [-0.39, 0.29) is 11.9 Å². The third-order valence-electron chi connectivity index (χ3n) is 5.43. The van der Waals surface area contributed by atoms with Gasteiger partial charge in [0.25, 0.3) is 5.91 Å². The number of para-hydroxylation sites is 1. The van der Waals surface area contributed by atoms with E-state index in [9.17, 15) is 9.59 Å². The summed E-state index contributed by atoms with van der Waals surface area (Å²) in [5.74, 6) is 0.191. The van der Waals surface area contributed by atoms with Crippen molar-refractivity contribution < 1.29 is 18.7 Å². The van der Waals surface area contributed by atoms with Gasteiger partial charge in [0.05, 0.1) is 24.5 Å². The van der Waals surface area contributed by atoms with Gasteiger partial charge in [-0.15, -0.1) is 11.3 Å². The van der Waals surface area contributed by atoms with E-state index in [1.807, 2.05) is 30.0 Å². The fraction of sp³-hybridized carbons (Fsp3) is 0.227. The van der Waals surface area contributed by atoms with Crippen molar-refractivity contribution in [3.05, 3.63) is 64.0 Å². The second kappa shape index (κ2) is 7.14. The highest BCUT2D eigenvalue weighted by atomic mass is 32.1. The number of hydrogen-bond donors (Lipinski definition) is 1. The van der Waals surface area contributed by atoms with Gasteiger partial charge < -0.3 is 19.0 Å². The Morgan fingerprint density at radius 2 is 2.13 bits per heavy atom. The molecule has 0 bridgehead atoms. The van der Waals surface area contributed by atoms with Crippen molar-refractivity contribution in [2.45, 2.75) is 19.9 Å². The zero-order valence-electron chi connectivity index (χ0n) is 16.5.